The van der Waals surface area contributed by atoms with Gasteiger partial charge in [-0.05, 0) is 26.8 Å². The van der Waals surface area contributed by atoms with Gasteiger partial charge in [0.15, 0.2) is 0 Å². The zero-order valence-corrected chi connectivity index (χ0v) is 9.72. The standard InChI is InChI=1S/C11H21N3/c1-5-7-14-10(4)9(3)13-11(14)8-12-6-2/h12H,5-8H2,1-4H3. The number of nitrogens with zero attached hydrogens (tertiary/aromatic N) is 2. The molecule has 0 aliphatic rings. The molecule has 0 bridgehead atoms. The van der Waals surface area contributed by atoms with Crippen molar-refractivity contribution in [1.29, 1.82) is 0 Å². The summed E-state index contributed by atoms with van der Waals surface area (Å²) < 4.78 is 2.32. The van der Waals surface area contributed by atoms with E-state index in [0.717, 1.165) is 31.7 Å². The summed E-state index contributed by atoms with van der Waals surface area (Å²) in [6.07, 6.45) is 1.16. The van der Waals surface area contributed by atoms with Crippen LogP contribution in [0.25, 0.3) is 0 Å². The number of hydrogen-bond acceptors (Lipinski definition) is 2. The van der Waals surface area contributed by atoms with Gasteiger partial charge in [-0.3, -0.25) is 0 Å². The fourth-order valence-electron chi connectivity index (χ4n) is 1.62. The number of rotatable bonds is 5. The number of aromatic nitrogens is 2. The van der Waals surface area contributed by atoms with Crippen molar-refractivity contribution in [2.45, 2.75) is 47.2 Å². The van der Waals surface area contributed by atoms with E-state index in [0.29, 0.717) is 0 Å². The fraction of sp³-hybridized carbons (Fsp3) is 0.727. The Hall–Kier alpha value is -0.830. The van der Waals surface area contributed by atoms with Crippen LogP contribution in [-0.2, 0) is 13.1 Å². The Kier molecular flexibility index (Phi) is 4.14. The van der Waals surface area contributed by atoms with Crippen molar-refractivity contribution >= 4 is 0 Å². The molecule has 1 rings (SSSR count). The van der Waals surface area contributed by atoms with E-state index < -0.39 is 0 Å². The van der Waals surface area contributed by atoms with Crippen molar-refractivity contribution in [2.75, 3.05) is 6.54 Å². The van der Waals surface area contributed by atoms with E-state index in [2.05, 4.69) is 42.6 Å². The van der Waals surface area contributed by atoms with Crippen molar-refractivity contribution in [3.05, 3.63) is 17.2 Å². The summed E-state index contributed by atoms with van der Waals surface area (Å²) in [6, 6.07) is 0. The molecule has 0 radical (unpaired) electrons. The maximum absolute atomic E-state index is 4.57. The molecule has 0 aliphatic heterocycles. The van der Waals surface area contributed by atoms with Gasteiger partial charge < -0.3 is 9.88 Å². The highest BCUT2D eigenvalue weighted by Gasteiger charge is 2.08. The van der Waals surface area contributed by atoms with E-state index in [4.69, 9.17) is 0 Å². The van der Waals surface area contributed by atoms with Gasteiger partial charge >= 0.3 is 0 Å². The lowest BCUT2D eigenvalue weighted by atomic mass is 10.3. The van der Waals surface area contributed by atoms with Crippen LogP contribution >= 0.6 is 0 Å². The molecule has 0 unspecified atom stereocenters. The molecule has 1 aromatic heterocycles. The summed E-state index contributed by atoms with van der Waals surface area (Å²) in [6.45, 7) is 11.5. The first-order chi connectivity index (χ1) is 6.70. The molecular weight excluding hydrogens is 174 g/mol. The molecule has 0 fully saturated rings. The zero-order chi connectivity index (χ0) is 10.6. The third-order valence-corrected chi connectivity index (χ3v) is 2.52. The minimum Gasteiger partial charge on any atom is -0.331 e. The second-order valence-corrected chi connectivity index (χ2v) is 3.63. The maximum atomic E-state index is 4.57. The van der Waals surface area contributed by atoms with Crippen LogP contribution in [0.15, 0.2) is 0 Å². The minimum atomic E-state index is 0.880. The van der Waals surface area contributed by atoms with E-state index in [1.807, 2.05) is 0 Å². The summed E-state index contributed by atoms with van der Waals surface area (Å²) in [5.41, 5.74) is 2.46. The molecule has 1 heterocycles. The van der Waals surface area contributed by atoms with E-state index in [-0.39, 0.29) is 0 Å². The average Bonchev–Trinajstić information content (AvgIpc) is 2.43. The summed E-state index contributed by atoms with van der Waals surface area (Å²) >= 11 is 0. The third kappa shape index (κ3) is 2.35. The van der Waals surface area contributed by atoms with Gasteiger partial charge in [-0.2, -0.15) is 0 Å². The van der Waals surface area contributed by atoms with Crippen LogP contribution in [0.5, 0.6) is 0 Å². The maximum Gasteiger partial charge on any atom is 0.123 e. The normalized spacial score (nSPS) is 10.9. The second-order valence-electron chi connectivity index (χ2n) is 3.63. The van der Waals surface area contributed by atoms with Crippen molar-refractivity contribution < 1.29 is 0 Å². The van der Waals surface area contributed by atoms with Crippen LogP contribution < -0.4 is 5.32 Å². The first-order valence-corrected chi connectivity index (χ1v) is 5.44. The summed E-state index contributed by atoms with van der Waals surface area (Å²) in [5.74, 6) is 1.17. The fourth-order valence-corrected chi connectivity index (χ4v) is 1.62. The smallest absolute Gasteiger partial charge is 0.123 e. The van der Waals surface area contributed by atoms with Crippen LogP contribution in [-0.4, -0.2) is 16.1 Å². The molecule has 1 aromatic rings. The van der Waals surface area contributed by atoms with Crippen molar-refractivity contribution in [3.63, 3.8) is 0 Å². The Labute approximate surface area is 86.5 Å². The van der Waals surface area contributed by atoms with Gasteiger partial charge in [-0.15, -0.1) is 0 Å². The highest BCUT2D eigenvalue weighted by molar-refractivity contribution is 5.14. The molecule has 1 N–H and O–H groups in total. The van der Waals surface area contributed by atoms with Crippen LogP contribution in [0.1, 0.15) is 37.5 Å². The van der Waals surface area contributed by atoms with E-state index in [1.165, 1.54) is 11.5 Å². The van der Waals surface area contributed by atoms with Crippen LogP contribution in [0.3, 0.4) is 0 Å². The predicted molar refractivity (Wildman–Crippen MR) is 59.4 cm³/mol. The SMILES string of the molecule is CCCn1c(CNCC)nc(C)c1C. The van der Waals surface area contributed by atoms with Gasteiger partial charge in [-0.25, -0.2) is 4.98 Å². The molecule has 0 amide bonds. The number of hydrogen-bond donors (Lipinski definition) is 1. The molecule has 0 spiro atoms. The first-order valence-electron chi connectivity index (χ1n) is 5.44. The Morgan fingerprint density at radius 3 is 2.57 bits per heavy atom. The number of imidazole rings is 1. The number of nitrogens with one attached hydrogen (secondary N) is 1. The molecule has 80 valence electrons. The topological polar surface area (TPSA) is 29.9 Å². The lowest BCUT2D eigenvalue weighted by molar-refractivity contribution is 0.589. The Bertz CT molecular complexity index is 289. The summed E-state index contributed by atoms with van der Waals surface area (Å²) in [4.78, 5) is 4.57. The van der Waals surface area contributed by atoms with Crippen LogP contribution in [0.4, 0.5) is 0 Å². The van der Waals surface area contributed by atoms with Gasteiger partial charge in [-0.1, -0.05) is 13.8 Å². The first kappa shape index (κ1) is 11.2. The predicted octanol–water partition coefficient (Wildman–Crippen LogP) is 2.02. The molecule has 0 saturated heterocycles. The van der Waals surface area contributed by atoms with Crippen LogP contribution in [0.2, 0.25) is 0 Å². The second kappa shape index (κ2) is 5.15. The largest absolute Gasteiger partial charge is 0.331 e. The quantitative estimate of drug-likeness (QED) is 0.779. The Balaban J connectivity index is 2.84. The highest BCUT2D eigenvalue weighted by Crippen LogP contribution is 2.10. The molecular formula is C11H21N3. The van der Waals surface area contributed by atoms with E-state index in [1.54, 1.807) is 0 Å². The van der Waals surface area contributed by atoms with Crippen molar-refractivity contribution in [1.82, 2.24) is 14.9 Å². The third-order valence-electron chi connectivity index (χ3n) is 2.52. The minimum absolute atomic E-state index is 0.880. The van der Waals surface area contributed by atoms with Crippen molar-refractivity contribution in [3.8, 4) is 0 Å². The van der Waals surface area contributed by atoms with Gasteiger partial charge in [0, 0.05) is 12.2 Å². The summed E-state index contributed by atoms with van der Waals surface area (Å²) in [7, 11) is 0. The monoisotopic (exact) mass is 195 g/mol. The van der Waals surface area contributed by atoms with Gasteiger partial charge in [0.05, 0.1) is 12.2 Å². The van der Waals surface area contributed by atoms with Gasteiger partial charge in [0.2, 0.25) is 0 Å². The zero-order valence-electron chi connectivity index (χ0n) is 9.72. The lowest BCUT2D eigenvalue weighted by Crippen LogP contribution is -2.16. The molecule has 0 saturated carbocycles. The van der Waals surface area contributed by atoms with Gasteiger partial charge in [0.1, 0.15) is 5.82 Å². The molecule has 14 heavy (non-hydrogen) atoms. The molecule has 3 nitrogen and oxygen atoms in total. The molecule has 0 aromatic carbocycles. The van der Waals surface area contributed by atoms with E-state index >= 15 is 0 Å². The molecule has 0 aliphatic carbocycles. The van der Waals surface area contributed by atoms with Gasteiger partial charge in [0.25, 0.3) is 0 Å². The lowest BCUT2D eigenvalue weighted by Gasteiger charge is -2.08. The van der Waals surface area contributed by atoms with E-state index in [9.17, 15) is 0 Å². The van der Waals surface area contributed by atoms with Crippen molar-refractivity contribution in [2.24, 2.45) is 0 Å². The Morgan fingerprint density at radius 2 is 2.00 bits per heavy atom. The molecule has 3 heteroatoms. The number of aryl methyl sites for hydroxylation is 1. The Morgan fingerprint density at radius 1 is 1.29 bits per heavy atom. The highest BCUT2D eigenvalue weighted by atomic mass is 15.1. The molecule has 0 atom stereocenters. The summed E-state index contributed by atoms with van der Waals surface area (Å²) in [5, 5.41) is 3.32. The average molecular weight is 195 g/mol. The van der Waals surface area contributed by atoms with Crippen LogP contribution in [0, 0.1) is 13.8 Å².